The molecule has 0 aliphatic rings. The molecule has 6 amide bonds. The van der Waals surface area contributed by atoms with Gasteiger partial charge in [0.05, 0.1) is 12.6 Å². The van der Waals surface area contributed by atoms with E-state index in [1.54, 1.807) is 54.7 Å². The molecule has 4 aromatic rings. The molecular weight excluding hydrogens is 793 g/mol. The Morgan fingerprint density at radius 2 is 1.20 bits per heavy atom. The molecule has 0 saturated carbocycles. The fourth-order valence-corrected chi connectivity index (χ4v) is 6.19. The summed E-state index contributed by atoms with van der Waals surface area (Å²) in [5, 5.41) is 44.1. The minimum absolute atomic E-state index is 0.0419. The lowest BCUT2D eigenvalue weighted by molar-refractivity contribution is -0.142. The van der Waals surface area contributed by atoms with Gasteiger partial charge in [-0.3, -0.25) is 33.6 Å². The van der Waals surface area contributed by atoms with Crippen LogP contribution in [-0.2, 0) is 57.6 Å². The van der Waals surface area contributed by atoms with Gasteiger partial charge in [0, 0.05) is 36.4 Å². The van der Waals surface area contributed by atoms with Crippen LogP contribution in [-0.4, -0.2) is 110 Å². The fourth-order valence-electron chi connectivity index (χ4n) is 6.19. The number of fused-ring (bicyclic) bond motifs is 1. The number of aromatic hydroxyl groups is 1. The summed E-state index contributed by atoms with van der Waals surface area (Å²) >= 11 is 0. The number of carboxylic acid groups (broad SMARTS) is 2. The number of carbonyl (C=O) groups excluding carboxylic acids is 6. The predicted octanol–water partition coefficient (Wildman–Crippen LogP) is -0.242. The normalized spacial score (nSPS) is 13.9. The molecule has 0 bridgehead atoms. The Labute approximate surface area is 350 Å². The SMILES string of the molecule is C[C@H](NC(=O)[C@H](C)NC(=O)[C@H](CCC(=O)O)NC(=O)[C@H](Cc1ccccc1)NC(=O)CNC(=O)[C@@H](N)Cc1ccc(O)cc1)C(=O)N[C@@H](Cc1c[nH]c2ccccc12)C(=O)O. The minimum Gasteiger partial charge on any atom is -0.508 e. The van der Waals surface area contributed by atoms with E-state index in [2.05, 4.69) is 36.9 Å². The van der Waals surface area contributed by atoms with Crippen LogP contribution in [0.2, 0.25) is 0 Å². The summed E-state index contributed by atoms with van der Waals surface area (Å²) in [6.07, 6.45) is 0.674. The van der Waals surface area contributed by atoms with E-state index in [-0.39, 0.29) is 25.0 Å². The first-order valence-corrected chi connectivity index (χ1v) is 19.4. The number of nitrogens with two attached hydrogens (primary N) is 1. The zero-order valence-corrected chi connectivity index (χ0v) is 33.5. The summed E-state index contributed by atoms with van der Waals surface area (Å²) in [4.78, 5) is 106. The number of nitrogens with one attached hydrogen (secondary N) is 7. The maximum absolute atomic E-state index is 13.7. The third-order valence-corrected chi connectivity index (χ3v) is 9.58. The molecular formula is C42H50N8O11. The van der Waals surface area contributed by atoms with Crippen molar-refractivity contribution >= 4 is 58.3 Å². The summed E-state index contributed by atoms with van der Waals surface area (Å²) in [6.45, 7) is 2.04. The number of H-pyrrole nitrogens is 1. The number of phenols is 1. The Bertz CT molecular complexity index is 2200. The second-order valence-electron chi connectivity index (χ2n) is 14.4. The van der Waals surface area contributed by atoms with Crippen LogP contribution < -0.4 is 37.6 Å². The number of phenolic OH excluding ortho intramolecular Hbond substituents is 1. The molecule has 1 heterocycles. The first-order valence-electron chi connectivity index (χ1n) is 19.4. The largest absolute Gasteiger partial charge is 0.508 e. The first kappa shape index (κ1) is 46.4. The number of aromatic amines is 1. The van der Waals surface area contributed by atoms with Crippen molar-refractivity contribution in [2.75, 3.05) is 6.54 Å². The predicted molar refractivity (Wildman–Crippen MR) is 220 cm³/mol. The lowest BCUT2D eigenvalue weighted by atomic mass is 10.0. The first-order chi connectivity index (χ1) is 29.0. The van der Waals surface area contributed by atoms with Crippen molar-refractivity contribution in [1.29, 1.82) is 0 Å². The lowest BCUT2D eigenvalue weighted by Crippen LogP contribution is -2.58. The van der Waals surface area contributed by atoms with Gasteiger partial charge >= 0.3 is 11.9 Å². The van der Waals surface area contributed by atoms with E-state index in [1.165, 1.54) is 26.0 Å². The number of para-hydroxylation sites is 1. The van der Waals surface area contributed by atoms with Gasteiger partial charge in [0.1, 0.15) is 36.0 Å². The molecule has 0 spiro atoms. The Kier molecular flexibility index (Phi) is 16.9. The average Bonchev–Trinajstić information content (AvgIpc) is 3.64. The van der Waals surface area contributed by atoms with Crippen molar-refractivity contribution in [1.82, 2.24) is 36.9 Å². The number of aromatic nitrogens is 1. The highest BCUT2D eigenvalue weighted by molar-refractivity contribution is 5.96. The van der Waals surface area contributed by atoms with Crippen LogP contribution in [0.15, 0.2) is 85.1 Å². The molecule has 0 aliphatic carbocycles. The lowest BCUT2D eigenvalue weighted by Gasteiger charge is -2.25. The van der Waals surface area contributed by atoms with Crippen LogP contribution in [0.5, 0.6) is 5.75 Å². The smallest absolute Gasteiger partial charge is 0.326 e. The van der Waals surface area contributed by atoms with E-state index < -0.39 is 103 Å². The Morgan fingerprint density at radius 3 is 1.85 bits per heavy atom. The molecule has 6 atom stereocenters. The molecule has 0 aliphatic heterocycles. The van der Waals surface area contributed by atoms with Gasteiger partial charge in [-0.05, 0) is 61.6 Å². The second-order valence-corrected chi connectivity index (χ2v) is 14.4. The van der Waals surface area contributed by atoms with Gasteiger partial charge in [-0.1, -0.05) is 60.7 Å². The number of benzene rings is 3. The summed E-state index contributed by atoms with van der Waals surface area (Å²) in [6, 6.07) is 14.1. The Balaban J connectivity index is 1.36. The highest BCUT2D eigenvalue weighted by Gasteiger charge is 2.31. The number of hydrogen-bond acceptors (Lipinski definition) is 10. The summed E-state index contributed by atoms with van der Waals surface area (Å²) < 4.78 is 0. The van der Waals surface area contributed by atoms with Crippen molar-refractivity contribution in [3.63, 3.8) is 0 Å². The van der Waals surface area contributed by atoms with Crippen LogP contribution in [0.1, 0.15) is 43.4 Å². The number of rotatable bonds is 22. The summed E-state index contributed by atoms with van der Waals surface area (Å²) in [5.74, 6) is -7.45. The van der Waals surface area contributed by atoms with Crippen LogP contribution in [0.4, 0.5) is 0 Å². The van der Waals surface area contributed by atoms with E-state index in [4.69, 9.17) is 5.73 Å². The molecule has 0 fully saturated rings. The van der Waals surface area contributed by atoms with Gasteiger partial charge in [-0.15, -0.1) is 0 Å². The maximum atomic E-state index is 13.7. The van der Waals surface area contributed by atoms with Gasteiger partial charge in [0.15, 0.2) is 0 Å². The van der Waals surface area contributed by atoms with Crippen LogP contribution in [0.3, 0.4) is 0 Å². The molecule has 4 rings (SSSR count). The third-order valence-electron chi connectivity index (χ3n) is 9.58. The topological polar surface area (TPSA) is 311 Å². The average molecular weight is 843 g/mol. The molecule has 3 aromatic carbocycles. The third kappa shape index (κ3) is 14.5. The molecule has 0 saturated heterocycles. The van der Waals surface area contributed by atoms with Crippen molar-refractivity contribution in [3.05, 3.63) is 102 Å². The van der Waals surface area contributed by atoms with Gasteiger partial charge in [0.25, 0.3) is 0 Å². The summed E-state index contributed by atoms with van der Waals surface area (Å²) in [5.41, 5.74) is 8.73. The van der Waals surface area contributed by atoms with Crippen LogP contribution in [0, 0.1) is 0 Å². The zero-order chi connectivity index (χ0) is 44.6. The standard InChI is InChI=1S/C42H50N8O11/c1-23(37(55)46-24(2)38(56)50-34(42(60)61)20-27-21-44-31-11-7-6-10-29(27)31)47-40(58)32(16-17-36(53)54)49-41(59)33(19-25-8-4-3-5-9-25)48-35(52)22-45-39(57)30(43)18-26-12-14-28(51)15-13-26/h3-15,21,23-24,30,32-34,44,51H,16-20,22,43H2,1-2H3,(H,45,57)(H,46,55)(H,47,58)(H,48,52)(H,49,59)(H,50,56)(H,53,54)(H,60,61)/t23-,24-,30-,32-,33-,34-/m0/s1. The second kappa shape index (κ2) is 22.2. The van der Waals surface area contributed by atoms with Crippen LogP contribution >= 0.6 is 0 Å². The molecule has 0 unspecified atom stereocenters. The quantitative estimate of drug-likeness (QED) is 0.0489. The zero-order valence-electron chi connectivity index (χ0n) is 33.5. The van der Waals surface area contributed by atoms with Crippen molar-refractivity contribution in [2.24, 2.45) is 5.73 Å². The van der Waals surface area contributed by atoms with Gasteiger partial charge in [-0.25, -0.2) is 4.79 Å². The van der Waals surface area contributed by atoms with E-state index in [1.807, 2.05) is 18.2 Å². The number of carbonyl (C=O) groups is 8. The highest BCUT2D eigenvalue weighted by Crippen LogP contribution is 2.19. The maximum Gasteiger partial charge on any atom is 0.326 e. The molecule has 61 heavy (non-hydrogen) atoms. The van der Waals surface area contributed by atoms with E-state index in [9.17, 15) is 53.7 Å². The molecule has 0 radical (unpaired) electrons. The summed E-state index contributed by atoms with van der Waals surface area (Å²) in [7, 11) is 0. The fraction of sp³-hybridized carbons (Fsp3) is 0.333. The van der Waals surface area contributed by atoms with Crippen LogP contribution in [0.25, 0.3) is 10.9 Å². The molecule has 19 nitrogen and oxygen atoms in total. The van der Waals surface area contributed by atoms with E-state index in [0.717, 1.165) is 10.9 Å². The number of carboxylic acids is 2. The van der Waals surface area contributed by atoms with Gasteiger partial charge < -0.3 is 57.9 Å². The Morgan fingerprint density at radius 1 is 0.623 bits per heavy atom. The van der Waals surface area contributed by atoms with Gasteiger partial charge in [0.2, 0.25) is 35.4 Å². The van der Waals surface area contributed by atoms with Gasteiger partial charge in [-0.2, -0.15) is 0 Å². The molecule has 1 aromatic heterocycles. The monoisotopic (exact) mass is 842 g/mol. The van der Waals surface area contributed by atoms with E-state index in [0.29, 0.717) is 16.7 Å². The number of amides is 6. The Hall–Kier alpha value is -7.28. The molecule has 12 N–H and O–H groups in total. The molecule has 324 valence electrons. The minimum atomic E-state index is -1.51. The van der Waals surface area contributed by atoms with Crippen molar-refractivity contribution in [3.8, 4) is 5.75 Å². The van der Waals surface area contributed by atoms with Crippen molar-refractivity contribution in [2.45, 2.75) is 82.2 Å². The highest BCUT2D eigenvalue weighted by atomic mass is 16.4. The molecule has 19 heteroatoms. The number of aliphatic carboxylic acids is 2. The van der Waals surface area contributed by atoms with Crippen molar-refractivity contribution < 1.29 is 53.7 Å². The van der Waals surface area contributed by atoms with E-state index >= 15 is 0 Å². The number of hydrogen-bond donors (Lipinski definition) is 11.